The second kappa shape index (κ2) is 5.10. The van der Waals surface area contributed by atoms with Crippen molar-refractivity contribution in [2.75, 3.05) is 20.7 Å². The number of carbonyl (C=O) groups is 1. The van der Waals surface area contributed by atoms with Crippen molar-refractivity contribution in [2.24, 2.45) is 0 Å². The summed E-state index contributed by atoms with van der Waals surface area (Å²) in [6, 6.07) is 0. The third-order valence-electron chi connectivity index (χ3n) is 3.83. The third-order valence-corrected chi connectivity index (χ3v) is 3.83. The van der Waals surface area contributed by atoms with Crippen molar-refractivity contribution in [3.63, 3.8) is 0 Å². The van der Waals surface area contributed by atoms with Gasteiger partial charge in [0.05, 0.1) is 12.9 Å². The molecule has 1 fully saturated rings. The second-order valence-electron chi connectivity index (χ2n) is 5.12. The van der Waals surface area contributed by atoms with Crippen LogP contribution >= 0.6 is 0 Å². The highest BCUT2D eigenvalue weighted by Crippen LogP contribution is 2.37. The molecule has 1 heterocycles. The van der Waals surface area contributed by atoms with E-state index in [1.54, 1.807) is 19.4 Å². The summed E-state index contributed by atoms with van der Waals surface area (Å²) in [6.45, 7) is 3.06. The molecule has 1 aromatic heterocycles. The standard InChI is InChI=1S/C13H21N3O2/c1-4-18-12(17)11-8-16(10-14-11)9-13(15(2)3)6-5-7-13/h8,10H,4-7,9H2,1-3H3. The fourth-order valence-electron chi connectivity index (χ4n) is 2.43. The zero-order valence-corrected chi connectivity index (χ0v) is 11.3. The molecule has 0 N–H and O–H groups in total. The third kappa shape index (κ3) is 2.41. The molecule has 0 radical (unpaired) electrons. The second-order valence-corrected chi connectivity index (χ2v) is 5.12. The van der Waals surface area contributed by atoms with E-state index in [0.717, 1.165) is 6.54 Å². The van der Waals surface area contributed by atoms with Gasteiger partial charge in [0.15, 0.2) is 5.69 Å². The fraction of sp³-hybridized carbons (Fsp3) is 0.692. The molecule has 0 bridgehead atoms. The fourth-order valence-corrected chi connectivity index (χ4v) is 2.43. The topological polar surface area (TPSA) is 47.4 Å². The summed E-state index contributed by atoms with van der Waals surface area (Å²) < 4.78 is 6.93. The lowest BCUT2D eigenvalue weighted by molar-refractivity contribution is 0.0421. The van der Waals surface area contributed by atoms with Gasteiger partial charge in [-0.05, 0) is 40.3 Å². The Morgan fingerprint density at radius 3 is 2.78 bits per heavy atom. The number of carbonyl (C=O) groups excluding carboxylic acids is 1. The van der Waals surface area contributed by atoms with E-state index >= 15 is 0 Å². The first-order chi connectivity index (χ1) is 8.57. The summed E-state index contributed by atoms with van der Waals surface area (Å²) in [6.07, 6.45) is 7.18. The zero-order valence-electron chi connectivity index (χ0n) is 11.3. The van der Waals surface area contributed by atoms with E-state index < -0.39 is 0 Å². The molecule has 0 saturated heterocycles. The number of rotatable bonds is 5. The molecule has 1 aromatic rings. The predicted molar refractivity (Wildman–Crippen MR) is 68.5 cm³/mol. The van der Waals surface area contributed by atoms with Gasteiger partial charge in [0.1, 0.15) is 0 Å². The van der Waals surface area contributed by atoms with Crippen LogP contribution in [0.3, 0.4) is 0 Å². The molecule has 100 valence electrons. The van der Waals surface area contributed by atoms with Gasteiger partial charge in [-0.25, -0.2) is 9.78 Å². The minimum absolute atomic E-state index is 0.229. The SMILES string of the molecule is CCOC(=O)c1cn(CC2(N(C)C)CCC2)cn1. The summed E-state index contributed by atoms with van der Waals surface area (Å²) in [5.41, 5.74) is 0.622. The quantitative estimate of drug-likeness (QED) is 0.745. The molecule has 0 spiro atoms. The summed E-state index contributed by atoms with van der Waals surface area (Å²) in [4.78, 5) is 17.9. The van der Waals surface area contributed by atoms with Crippen molar-refractivity contribution in [3.05, 3.63) is 18.2 Å². The molecule has 18 heavy (non-hydrogen) atoms. The smallest absolute Gasteiger partial charge is 0.358 e. The van der Waals surface area contributed by atoms with Gasteiger partial charge >= 0.3 is 5.97 Å². The molecule has 0 amide bonds. The van der Waals surface area contributed by atoms with E-state index in [1.165, 1.54) is 19.3 Å². The molecule has 1 aliphatic carbocycles. The van der Waals surface area contributed by atoms with Crippen molar-refractivity contribution < 1.29 is 9.53 Å². The van der Waals surface area contributed by atoms with Gasteiger partial charge in [-0.3, -0.25) is 0 Å². The lowest BCUT2D eigenvalue weighted by atomic mass is 9.75. The molecule has 5 nitrogen and oxygen atoms in total. The Hall–Kier alpha value is -1.36. The van der Waals surface area contributed by atoms with Crippen molar-refractivity contribution >= 4 is 5.97 Å². The molecule has 2 rings (SSSR count). The number of esters is 1. The molecular weight excluding hydrogens is 230 g/mol. The Balaban J connectivity index is 2.04. The van der Waals surface area contributed by atoms with Crippen LogP contribution in [-0.4, -0.2) is 46.7 Å². The number of hydrogen-bond acceptors (Lipinski definition) is 4. The number of likely N-dealkylation sites (N-methyl/N-ethyl adjacent to an activating group) is 1. The minimum Gasteiger partial charge on any atom is -0.461 e. The predicted octanol–water partition coefficient (Wildman–Crippen LogP) is 1.54. The maximum atomic E-state index is 11.5. The van der Waals surface area contributed by atoms with Crippen LogP contribution in [0.5, 0.6) is 0 Å². The normalized spacial score (nSPS) is 17.6. The minimum atomic E-state index is -0.344. The Kier molecular flexibility index (Phi) is 3.71. The van der Waals surface area contributed by atoms with Gasteiger partial charge in [0, 0.05) is 18.3 Å². The van der Waals surface area contributed by atoms with Crippen LogP contribution in [0.15, 0.2) is 12.5 Å². The summed E-state index contributed by atoms with van der Waals surface area (Å²) >= 11 is 0. The molecule has 0 aliphatic heterocycles. The van der Waals surface area contributed by atoms with Gasteiger partial charge in [0.2, 0.25) is 0 Å². The highest BCUT2D eigenvalue weighted by Gasteiger charge is 2.39. The van der Waals surface area contributed by atoms with Gasteiger partial charge in [0.25, 0.3) is 0 Å². The van der Waals surface area contributed by atoms with Crippen LogP contribution in [0.25, 0.3) is 0 Å². The van der Waals surface area contributed by atoms with Crippen molar-refractivity contribution in [1.82, 2.24) is 14.5 Å². The average Bonchev–Trinajstić information content (AvgIpc) is 2.71. The first kappa shape index (κ1) is 13.1. The van der Waals surface area contributed by atoms with Crippen LogP contribution in [0.4, 0.5) is 0 Å². The van der Waals surface area contributed by atoms with Crippen LogP contribution in [-0.2, 0) is 11.3 Å². The highest BCUT2D eigenvalue weighted by atomic mass is 16.5. The largest absolute Gasteiger partial charge is 0.461 e. The van der Waals surface area contributed by atoms with E-state index in [4.69, 9.17) is 4.74 Å². The number of nitrogens with zero attached hydrogens (tertiary/aromatic N) is 3. The molecule has 0 aromatic carbocycles. The number of hydrogen-bond donors (Lipinski definition) is 0. The first-order valence-electron chi connectivity index (χ1n) is 6.44. The Labute approximate surface area is 108 Å². The van der Waals surface area contributed by atoms with Gasteiger partial charge in [-0.1, -0.05) is 0 Å². The summed E-state index contributed by atoms with van der Waals surface area (Å²) in [5, 5.41) is 0. The summed E-state index contributed by atoms with van der Waals surface area (Å²) in [7, 11) is 4.23. The first-order valence-corrected chi connectivity index (χ1v) is 6.44. The zero-order chi connectivity index (χ0) is 13.2. The van der Waals surface area contributed by atoms with Crippen molar-refractivity contribution in [1.29, 1.82) is 0 Å². The van der Waals surface area contributed by atoms with E-state index in [-0.39, 0.29) is 11.5 Å². The number of imidazole rings is 1. The maximum absolute atomic E-state index is 11.5. The van der Waals surface area contributed by atoms with Crippen molar-refractivity contribution in [2.45, 2.75) is 38.3 Å². The van der Waals surface area contributed by atoms with E-state index in [2.05, 4.69) is 24.0 Å². The lowest BCUT2D eigenvalue weighted by Crippen LogP contribution is -2.52. The van der Waals surface area contributed by atoms with E-state index in [0.29, 0.717) is 12.3 Å². The van der Waals surface area contributed by atoms with Gasteiger partial charge in [-0.15, -0.1) is 0 Å². The van der Waals surface area contributed by atoms with Crippen LogP contribution in [0.1, 0.15) is 36.7 Å². The van der Waals surface area contributed by atoms with Gasteiger partial charge in [-0.2, -0.15) is 0 Å². The maximum Gasteiger partial charge on any atom is 0.358 e. The van der Waals surface area contributed by atoms with Crippen LogP contribution in [0, 0.1) is 0 Å². The number of aromatic nitrogens is 2. The molecule has 1 aliphatic rings. The van der Waals surface area contributed by atoms with E-state index in [1.807, 2.05) is 4.57 Å². The Bertz CT molecular complexity index is 422. The number of ether oxygens (including phenoxy) is 1. The molecule has 1 saturated carbocycles. The van der Waals surface area contributed by atoms with Gasteiger partial charge < -0.3 is 14.2 Å². The van der Waals surface area contributed by atoms with Crippen LogP contribution < -0.4 is 0 Å². The molecule has 0 unspecified atom stereocenters. The van der Waals surface area contributed by atoms with Crippen molar-refractivity contribution in [3.8, 4) is 0 Å². The molecular formula is C13H21N3O2. The highest BCUT2D eigenvalue weighted by molar-refractivity contribution is 5.86. The Morgan fingerprint density at radius 2 is 2.28 bits per heavy atom. The molecule has 0 atom stereocenters. The average molecular weight is 251 g/mol. The lowest BCUT2D eigenvalue weighted by Gasteiger charge is -2.47. The summed E-state index contributed by atoms with van der Waals surface area (Å²) in [5.74, 6) is -0.344. The monoisotopic (exact) mass is 251 g/mol. The Morgan fingerprint density at radius 1 is 1.56 bits per heavy atom. The molecule has 5 heteroatoms. The van der Waals surface area contributed by atoms with E-state index in [9.17, 15) is 4.79 Å². The van der Waals surface area contributed by atoms with Crippen LogP contribution in [0.2, 0.25) is 0 Å².